The lowest BCUT2D eigenvalue weighted by Crippen LogP contribution is -2.40. The van der Waals surface area contributed by atoms with Crippen LogP contribution in [0.5, 0.6) is 0 Å². The van der Waals surface area contributed by atoms with Gasteiger partial charge in [-0.25, -0.2) is 9.36 Å². The first-order chi connectivity index (χ1) is 7.06. The zero-order chi connectivity index (χ0) is 11.4. The minimum Gasteiger partial charge on any atom is -0.302 e. The Morgan fingerprint density at radius 2 is 2.20 bits per heavy atom. The molecule has 0 fully saturated rings. The minimum absolute atomic E-state index is 0.0486. The Bertz CT molecular complexity index is 330. The van der Waals surface area contributed by atoms with E-state index in [1.165, 1.54) is 0 Å². The molecule has 1 heterocycles. The molecule has 0 radical (unpaired) electrons. The van der Waals surface area contributed by atoms with Gasteiger partial charge in [-0.05, 0) is 20.3 Å². The lowest BCUT2D eigenvalue weighted by molar-refractivity contribution is -0.670. The van der Waals surface area contributed by atoms with Crippen LogP contribution in [0.4, 0.5) is 4.79 Å². The Morgan fingerprint density at radius 3 is 2.60 bits per heavy atom. The molecule has 0 aliphatic carbocycles. The van der Waals surface area contributed by atoms with Gasteiger partial charge in [0.1, 0.15) is 12.4 Å². The van der Waals surface area contributed by atoms with Crippen molar-refractivity contribution in [2.45, 2.75) is 33.2 Å². The first kappa shape index (κ1) is 11.8. The molecule has 1 aromatic rings. The summed E-state index contributed by atoms with van der Waals surface area (Å²) in [5.41, 5.74) is 0. The highest BCUT2D eigenvalue weighted by atomic mass is 16.2. The molecule has 0 N–H and O–H groups in total. The predicted octanol–water partition coefficient (Wildman–Crippen LogP) is 1.40. The van der Waals surface area contributed by atoms with Crippen LogP contribution >= 0.6 is 0 Å². The van der Waals surface area contributed by atoms with Gasteiger partial charge in [0.25, 0.3) is 6.33 Å². The number of hydrogen-bond acceptors (Lipinski definition) is 1. The second-order valence-corrected chi connectivity index (χ2v) is 4.06. The first-order valence-corrected chi connectivity index (χ1v) is 5.40. The van der Waals surface area contributed by atoms with Gasteiger partial charge in [-0.3, -0.25) is 0 Å². The summed E-state index contributed by atoms with van der Waals surface area (Å²) in [7, 11) is 1.91. The van der Waals surface area contributed by atoms with Crippen LogP contribution in [0, 0.1) is 0 Å². The maximum Gasteiger partial charge on any atom is 0.416 e. The Morgan fingerprint density at radius 1 is 1.53 bits per heavy atom. The summed E-state index contributed by atoms with van der Waals surface area (Å²) >= 11 is 0. The molecule has 0 unspecified atom stereocenters. The third-order valence-corrected chi connectivity index (χ3v) is 2.32. The van der Waals surface area contributed by atoms with Crippen LogP contribution in [-0.2, 0) is 7.05 Å². The van der Waals surface area contributed by atoms with Gasteiger partial charge in [0.05, 0.1) is 7.05 Å². The van der Waals surface area contributed by atoms with E-state index in [4.69, 9.17) is 0 Å². The number of imidazole rings is 1. The van der Waals surface area contributed by atoms with E-state index in [0.29, 0.717) is 0 Å². The fraction of sp³-hybridized carbons (Fsp3) is 0.636. The Labute approximate surface area is 91.1 Å². The molecule has 0 aliphatic heterocycles. The molecule has 0 bridgehead atoms. The van der Waals surface area contributed by atoms with Crippen LogP contribution in [0.3, 0.4) is 0 Å². The molecule has 0 aliphatic rings. The number of nitrogens with zero attached hydrogens (tertiary/aromatic N) is 3. The first-order valence-electron chi connectivity index (χ1n) is 5.40. The summed E-state index contributed by atoms with van der Waals surface area (Å²) in [5, 5.41) is 0. The van der Waals surface area contributed by atoms with Gasteiger partial charge in [0, 0.05) is 12.6 Å². The number of amides is 1. The smallest absolute Gasteiger partial charge is 0.302 e. The van der Waals surface area contributed by atoms with Crippen LogP contribution in [-0.4, -0.2) is 28.1 Å². The third-order valence-electron chi connectivity index (χ3n) is 2.32. The Kier molecular flexibility index (Phi) is 3.88. The van der Waals surface area contributed by atoms with Crippen molar-refractivity contribution in [1.29, 1.82) is 0 Å². The van der Waals surface area contributed by atoms with Crippen molar-refractivity contribution in [2.24, 2.45) is 7.05 Å². The number of carbonyl (C=O) groups excluding carboxylic acids is 1. The molecular formula is C11H20N3O+. The molecule has 15 heavy (non-hydrogen) atoms. The Hall–Kier alpha value is -1.32. The molecule has 0 aromatic carbocycles. The maximum absolute atomic E-state index is 12.1. The highest BCUT2D eigenvalue weighted by Crippen LogP contribution is 2.03. The van der Waals surface area contributed by atoms with E-state index in [0.717, 1.165) is 13.0 Å². The van der Waals surface area contributed by atoms with Crippen molar-refractivity contribution in [3.8, 4) is 0 Å². The van der Waals surface area contributed by atoms with Crippen molar-refractivity contribution in [3.05, 3.63) is 18.7 Å². The molecule has 1 amide bonds. The summed E-state index contributed by atoms with van der Waals surface area (Å²) in [4.78, 5) is 13.9. The average molecular weight is 210 g/mol. The number of hydrogen-bond donors (Lipinski definition) is 0. The van der Waals surface area contributed by atoms with E-state index >= 15 is 0 Å². The minimum atomic E-state index is 0.0486. The fourth-order valence-electron chi connectivity index (χ4n) is 1.53. The van der Waals surface area contributed by atoms with E-state index < -0.39 is 0 Å². The zero-order valence-electron chi connectivity index (χ0n) is 9.97. The van der Waals surface area contributed by atoms with Crippen molar-refractivity contribution < 1.29 is 9.36 Å². The van der Waals surface area contributed by atoms with E-state index in [1.807, 2.05) is 36.6 Å². The van der Waals surface area contributed by atoms with E-state index in [2.05, 4.69) is 6.92 Å². The zero-order valence-corrected chi connectivity index (χ0v) is 9.97. The summed E-state index contributed by atoms with van der Waals surface area (Å²) in [6.07, 6.45) is 6.42. The summed E-state index contributed by atoms with van der Waals surface area (Å²) in [6.45, 7) is 6.96. The second kappa shape index (κ2) is 4.96. The van der Waals surface area contributed by atoms with Gasteiger partial charge in [-0.15, -0.1) is 0 Å². The molecule has 1 aromatic heterocycles. The lowest BCUT2D eigenvalue weighted by atomic mass is 10.3. The molecular weight excluding hydrogens is 190 g/mol. The topological polar surface area (TPSA) is 29.1 Å². The van der Waals surface area contributed by atoms with Crippen molar-refractivity contribution in [1.82, 2.24) is 9.47 Å². The summed E-state index contributed by atoms with van der Waals surface area (Å²) in [5.74, 6) is 0. The molecule has 4 heteroatoms. The van der Waals surface area contributed by atoms with Crippen molar-refractivity contribution >= 4 is 6.03 Å². The van der Waals surface area contributed by atoms with Gasteiger partial charge in [0.2, 0.25) is 0 Å². The SMILES string of the molecule is CCCN(C(=O)n1cc[n+](C)c1)C(C)C. The van der Waals surface area contributed by atoms with Crippen LogP contribution < -0.4 is 4.57 Å². The molecule has 4 nitrogen and oxygen atoms in total. The number of aryl methyl sites for hydroxylation is 1. The van der Waals surface area contributed by atoms with Gasteiger partial charge in [0.15, 0.2) is 0 Å². The molecule has 1 rings (SSSR count). The molecule has 0 spiro atoms. The van der Waals surface area contributed by atoms with Gasteiger partial charge < -0.3 is 4.90 Å². The van der Waals surface area contributed by atoms with Crippen LogP contribution in [0.15, 0.2) is 18.7 Å². The molecule has 0 saturated carbocycles. The average Bonchev–Trinajstić information content (AvgIpc) is 2.59. The van der Waals surface area contributed by atoms with E-state index in [1.54, 1.807) is 17.1 Å². The van der Waals surface area contributed by atoms with Crippen LogP contribution in [0.1, 0.15) is 27.2 Å². The van der Waals surface area contributed by atoms with E-state index in [9.17, 15) is 4.79 Å². The normalized spacial score (nSPS) is 10.7. The third kappa shape index (κ3) is 2.81. The summed E-state index contributed by atoms with van der Waals surface area (Å²) < 4.78 is 3.48. The number of rotatable bonds is 3. The Balaban J connectivity index is 2.80. The van der Waals surface area contributed by atoms with Gasteiger partial charge in [-0.2, -0.15) is 4.57 Å². The number of carbonyl (C=O) groups is 1. The fourth-order valence-corrected chi connectivity index (χ4v) is 1.53. The molecule has 0 saturated heterocycles. The highest BCUT2D eigenvalue weighted by molar-refractivity contribution is 5.76. The standard InChI is InChI=1S/C11H20N3O/c1-5-6-14(10(2)3)11(15)13-8-7-12(4)9-13/h7-10H,5-6H2,1-4H3/q+1. The van der Waals surface area contributed by atoms with Gasteiger partial charge >= 0.3 is 6.03 Å². The van der Waals surface area contributed by atoms with E-state index in [-0.39, 0.29) is 12.1 Å². The molecule has 84 valence electrons. The lowest BCUT2D eigenvalue weighted by Gasteiger charge is -2.23. The maximum atomic E-state index is 12.1. The predicted molar refractivity (Wildman–Crippen MR) is 58.5 cm³/mol. The number of aromatic nitrogens is 2. The molecule has 0 atom stereocenters. The largest absolute Gasteiger partial charge is 0.416 e. The van der Waals surface area contributed by atoms with Crippen molar-refractivity contribution in [2.75, 3.05) is 6.54 Å². The summed E-state index contributed by atoms with van der Waals surface area (Å²) in [6, 6.07) is 0.289. The van der Waals surface area contributed by atoms with Crippen LogP contribution in [0.25, 0.3) is 0 Å². The van der Waals surface area contributed by atoms with Crippen LogP contribution in [0.2, 0.25) is 0 Å². The van der Waals surface area contributed by atoms with Gasteiger partial charge in [-0.1, -0.05) is 6.92 Å². The highest BCUT2D eigenvalue weighted by Gasteiger charge is 2.22. The van der Waals surface area contributed by atoms with Crippen molar-refractivity contribution in [3.63, 3.8) is 0 Å². The monoisotopic (exact) mass is 210 g/mol. The quantitative estimate of drug-likeness (QED) is 0.693. The second-order valence-electron chi connectivity index (χ2n) is 4.06.